The van der Waals surface area contributed by atoms with Crippen molar-refractivity contribution < 1.29 is 4.74 Å². The Bertz CT molecular complexity index is 510. The molecule has 1 heterocycles. The number of nitrogens with one attached hydrogen (secondary N) is 2. The SMILES string of the molecule is COCCNC(=NCc1ccc(N2CCCC2)cc1)NC1CC1.I. The Morgan fingerprint density at radius 3 is 2.54 bits per heavy atom. The Kier molecular flexibility index (Phi) is 8.11. The smallest absolute Gasteiger partial charge is 0.191 e. The Labute approximate surface area is 162 Å². The molecule has 134 valence electrons. The molecule has 0 radical (unpaired) electrons. The van der Waals surface area contributed by atoms with Crippen molar-refractivity contribution in [2.75, 3.05) is 38.3 Å². The summed E-state index contributed by atoms with van der Waals surface area (Å²) in [5.41, 5.74) is 2.58. The molecule has 0 atom stereocenters. The summed E-state index contributed by atoms with van der Waals surface area (Å²) in [5, 5.41) is 6.78. The predicted octanol–water partition coefficient (Wildman–Crippen LogP) is 2.75. The Hall–Kier alpha value is -1.02. The van der Waals surface area contributed by atoms with Gasteiger partial charge in [0.25, 0.3) is 0 Å². The summed E-state index contributed by atoms with van der Waals surface area (Å²) in [4.78, 5) is 7.16. The Morgan fingerprint density at radius 1 is 1.21 bits per heavy atom. The number of hydrogen-bond donors (Lipinski definition) is 2. The van der Waals surface area contributed by atoms with E-state index in [1.807, 2.05) is 0 Å². The van der Waals surface area contributed by atoms with E-state index in [0.717, 1.165) is 12.5 Å². The van der Waals surface area contributed by atoms with Crippen LogP contribution in [0.1, 0.15) is 31.2 Å². The minimum Gasteiger partial charge on any atom is -0.383 e. The molecule has 0 bridgehead atoms. The second kappa shape index (κ2) is 10.1. The fourth-order valence-electron chi connectivity index (χ4n) is 2.80. The first kappa shape index (κ1) is 19.3. The number of benzene rings is 1. The number of hydrogen-bond acceptors (Lipinski definition) is 3. The van der Waals surface area contributed by atoms with Crippen LogP contribution in [-0.2, 0) is 11.3 Å². The average molecular weight is 444 g/mol. The number of halogens is 1. The molecule has 0 spiro atoms. The van der Waals surface area contributed by atoms with Crippen LogP contribution in [0.5, 0.6) is 0 Å². The lowest BCUT2D eigenvalue weighted by molar-refractivity contribution is 0.203. The molecule has 1 aromatic rings. The van der Waals surface area contributed by atoms with Crippen molar-refractivity contribution in [2.24, 2.45) is 4.99 Å². The van der Waals surface area contributed by atoms with Gasteiger partial charge in [-0.1, -0.05) is 12.1 Å². The summed E-state index contributed by atoms with van der Waals surface area (Å²) < 4.78 is 5.09. The van der Waals surface area contributed by atoms with E-state index in [2.05, 4.69) is 39.8 Å². The number of nitrogens with zero attached hydrogens (tertiary/aromatic N) is 2. The summed E-state index contributed by atoms with van der Waals surface area (Å²) in [6.07, 6.45) is 5.12. The molecule has 3 rings (SSSR count). The van der Waals surface area contributed by atoms with Gasteiger partial charge < -0.3 is 20.3 Å². The topological polar surface area (TPSA) is 48.9 Å². The third kappa shape index (κ3) is 6.12. The first-order valence-electron chi connectivity index (χ1n) is 8.73. The monoisotopic (exact) mass is 444 g/mol. The van der Waals surface area contributed by atoms with Gasteiger partial charge in [-0.15, -0.1) is 24.0 Å². The zero-order valence-corrected chi connectivity index (χ0v) is 16.8. The van der Waals surface area contributed by atoms with Crippen molar-refractivity contribution in [2.45, 2.75) is 38.3 Å². The molecule has 1 aliphatic carbocycles. The molecule has 5 nitrogen and oxygen atoms in total. The van der Waals surface area contributed by atoms with Crippen molar-refractivity contribution in [3.8, 4) is 0 Å². The minimum absolute atomic E-state index is 0. The molecule has 0 unspecified atom stereocenters. The van der Waals surface area contributed by atoms with E-state index in [1.54, 1.807) is 7.11 Å². The van der Waals surface area contributed by atoms with Crippen molar-refractivity contribution in [1.29, 1.82) is 0 Å². The molecule has 2 fully saturated rings. The summed E-state index contributed by atoms with van der Waals surface area (Å²) in [7, 11) is 1.72. The van der Waals surface area contributed by atoms with Gasteiger partial charge in [0.1, 0.15) is 0 Å². The standard InChI is InChI=1S/C18H28N4O.HI/c1-23-13-10-19-18(21-16-6-7-16)20-14-15-4-8-17(9-5-15)22-11-2-3-12-22;/h4-5,8-9,16H,2-3,6-7,10-14H2,1H3,(H2,19,20,21);1H. The molecule has 0 amide bonds. The third-order valence-electron chi connectivity index (χ3n) is 4.34. The zero-order valence-electron chi connectivity index (χ0n) is 14.5. The summed E-state index contributed by atoms with van der Waals surface area (Å²) in [5.74, 6) is 0.896. The lowest BCUT2D eigenvalue weighted by Gasteiger charge is -2.17. The first-order chi connectivity index (χ1) is 11.3. The highest BCUT2D eigenvalue weighted by Crippen LogP contribution is 2.21. The van der Waals surface area contributed by atoms with Crippen LogP contribution < -0.4 is 15.5 Å². The number of anilines is 1. The lowest BCUT2D eigenvalue weighted by Crippen LogP contribution is -2.40. The van der Waals surface area contributed by atoms with Crippen LogP contribution in [0.15, 0.2) is 29.3 Å². The number of ether oxygens (including phenoxy) is 1. The highest BCUT2D eigenvalue weighted by Gasteiger charge is 2.22. The molecule has 1 saturated carbocycles. The van der Waals surface area contributed by atoms with Gasteiger partial charge in [-0.3, -0.25) is 0 Å². The molecule has 2 N–H and O–H groups in total. The highest BCUT2D eigenvalue weighted by molar-refractivity contribution is 14.0. The molecule has 1 saturated heterocycles. The molecule has 1 aliphatic heterocycles. The van der Waals surface area contributed by atoms with Crippen LogP contribution in [0.3, 0.4) is 0 Å². The fourth-order valence-corrected chi connectivity index (χ4v) is 2.80. The molecule has 24 heavy (non-hydrogen) atoms. The van der Waals surface area contributed by atoms with E-state index >= 15 is 0 Å². The van der Waals surface area contributed by atoms with E-state index < -0.39 is 0 Å². The van der Waals surface area contributed by atoms with Gasteiger partial charge in [-0.25, -0.2) is 4.99 Å². The quantitative estimate of drug-likeness (QED) is 0.294. The zero-order chi connectivity index (χ0) is 15.9. The Balaban J connectivity index is 0.00000208. The van der Waals surface area contributed by atoms with Crippen LogP contribution in [-0.4, -0.2) is 45.4 Å². The minimum atomic E-state index is 0. The fraction of sp³-hybridized carbons (Fsp3) is 0.611. The van der Waals surface area contributed by atoms with Gasteiger partial charge in [-0.2, -0.15) is 0 Å². The normalized spacial score (nSPS) is 17.5. The van der Waals surface area contributed by atoms with Crippen LogP contribution in [0, 0.1) is 0 Å². The highest BCUT2D eigenvalue weighted by atomic mass is 127. The van der Waals surface area contributed by atoms with Crippen LogP contribution >= 0.6 is 24.0 Å². The van der Waals surface area contributed by atoms with E-state index in [1.165, 1.54) is 50.0 Å². The summed E-state index contributed by atoms with van der Waals surface area (Å²) in [6.45, 7) is 4.56. The van der Waals surface area contributed by atoms with Gasteiger partial charge in [0.2, 0.25) is 0 Å². The molecule has 1 aromatic carbocycles. The molecule has 2 aliphatic rings. The molecular weight excluding hydrogens is 415 g/mol. The maximum atomic E-state index is 5.09. The van der Waals surface area contributed by atoms with E-state index in [9.17, 15) is 0 Å². The number of aliphatic imine (C=N–C) groups is 1. The second-order valence-corrected chi connectivity index (χ2v) is 6.36. The summed E-state index contributed by atoms with van der Waals surface area (Å²) in [6, 6.07) is 9.44. The van der Waals surface area contributed by atoms with Gasteiger partial charge >= 0.3 is 0 Å². The van der Waals surface area contributed by atoms with E-state index in [-0.39, 0.29) is 24.0 Å². The van der Waals surface area contributed by atoms with Gasteiger partial charge in [0.05, 0.1) is 13.2 Å². The molecular formula is C18H29IN4O. The van der Waals surface area contributed by atoms with Crippen molar-refractivity contribution >= 4 is 35.6 Å². The van der Waals surface area contributed by atoms with E-state index in [4.69, 9.17) is 9.73 Å². The molecule has 6 heteroatoms. The average Bonchev–Trinajstić information content (AvgIpc) is 3.23. The second-order valence-electron chi connectivity index (χ2n) is 6.36. The third-order valence-corrected chi connectivity index (χ3v) is 4.34. The number of guanidine groups is 1. The van der Waals surface area contributed by atoms with Crippen LogP contribution in [0.4, 0.5) is 5.69 Å². The largest absolute Gasteiger partial charge is 0.383 e. The first-order valence-corrected chi connectivity index (χ1v) is 8.73. The maximum Gasteiger partial charge on any atom is 0.191 e. The van der Waals surface area contributed by atoms with Crippen molar-refractivity contribution in [3.05, 3.63) is 29.8 Å². The van der Waals surface area contributed by atoms with Crippen LogP contribution in [0.2, 0.25) is 0 Å². The Morgan fingerprint density at radius 2 is 1.92 bits per heavy atom. The van der Waals surface area contributed by atoms with E-state index in [0.29, 0.717) is 19.2 Å². The lowest BCUT2D eigenvalue weighted by atomic mass is 10.2. The summed E-state index contributed by atoms with van der Waals surface area (Å²) >= 11 is 0. The van der Waals surface area contributed by atoms with Gasteiger partial charge in [0, 0.05) is 38.5 Å². The maximum absolute atomic E-state index is 5.09. The van der Waals surface area contributed by atoms with Crippen LogP contribution in [0.25, 0.3) is 0 Å². The molecule has 0 aromatic heterocycles. The van der Waals surface area contributed by atoms with Gasteiger partial charge in [0.15, 0.2) is 5.96 Å². The van der Waals surface area contributed by atoms with Crippen molar-refractivity contribution in [1.82, 2.24) is 10.6 Å². The van der Waals surface area contributed by atoms with Crippen molar-refractivity contribution in [3.63, 3.8) is 0 Å². The number of methoxy groups -OCH3 is 1. The number of rotatable bonds is 7. The predicted molar refractivity (Wildman–Crippen MR) is 110 cm³/mol. The van der Waals surface area contributed by atoms with Gasteiger partial charge in [-0.05, 0) is 43.4 Å².